The number of aryl methyl sites for hydroxylation is 1. The maximum Gasteiger partial charge on any atom is 0.242 e. The molecule has 0 unspecified atom stereocenters. The molecule has 3 atom stereocenters. The van der Waals surface area contributed by atoms with Crippen LogP contribution in [0.5, 0.6) is 0 Å². The molecule has 1 aromatic heterocycles. The molecule has 180 valence electrons. The smallest absolute Gasteiger partial charge is 0.242 e. The molecule has 0 spiro atoms. The topological polar surface area (TPSA) is 62.7 Å². The first-order valence-corrected chi connectivity index (χ1v) is 12.2. The highest BCUT2D eigenvalue weighted by atomic mass is 16.5. The fourth-order valence-corrected chi connectivity index (χ4v) is 5.55. The van der Waals surface area contributed by atoms with Crippen molar-refractivity contribution < 1.29 is 14.3 Å². The monoisotopic (exact) mass is 469 g/mol. The fourth-order valence-electron chi connectivity index (χ4n) is 5.55. The zero-order valence-electron chi connectivity index (χ0n) is 20.3. The molecule has 2 aromatic carbocycles. The van der Waals surface area contributed by atoms with Gasteiger partial charge in [-0.25, -0.2) is 0 Å². The Morgan fingerprint density at radius 3 is 2.60 bits per heavy atom. The summed E-state index contributed by atoms with van der Waals surface area (Å²) in [6, 6.07) is 22.8. The van der Waals surface area contributed by atoms with Gasteiger partial charge in [0.2, 0.25) is 11.8 Å². The van der Waals surface area contributed by atoms with Crippen LogP contribution in [0, 0.1) is 6.92 Å². The summed E-state index contributed by atoms with van der Waals surface area (Å²) in [4.78, 5) is 34.1. The van der Waals surface area contributed by atoms with Gasteiger partial charge in [0.25, 0.3) is 0 Å². The van der Waals surface area contributed by atoms with E-state index in [2.05, 4.69) is 60.4 Å². The predicted molar refractivity (Wildman–Crippen MR) is 135 cm³/mol. The van der Waals surface area contributed by atoms with Crippen molar-refractivity contribution in [1.29, 1.82) is 0 Å². The Morgan fingerprint density at radius 1 is 1.06 bits per heavy atom. The molecular weight excluding hydrogens is 438 g/mol. The molecule has 0 radical (unpaired) electrons. The lowest BCUT2D eigenvalue weighted by Gasteiger charge is -2.54. The van der Waals surface area contributed by atoms with E-state index in [-0.39, 0.29) is 42.8 Å². The summed E-state index contributed by atoms with van der Waals surface area (Å²) in [6.07, 6.45) is 2.65. The van der Waals surface area contributed by atoms with Crippen LogP contribution in [-0.4, -0.2) is 65.5 Å². The average Bonchev–Trinajstić information content (AvgIpc) is 3.00. The maximum absolute atomic E-state index is 13.2. The number of rotatable bonds is 6. The number of benzene rings is 2. The highest BCUT2D eigenvalue weighted by Crippen LogP contribution is 2.44. The summed E-state index contributed by atoms with van der Waals surface area (Å²) < 4.78 is 5.51. The third-order valence-corrected chi connectivity index (χ3v) is 7.25. The Kier molecular flexibility index (Phi) is 6.64. The first kappa shape index (κ1) is 23.2. The maximum atomic E-state index is 13.2. The third-order valence-electron chi connectivity index (χ3n) is 7.25. The van der Waals surface area contributed by atoms with E-state index in [1.54, 1.807) is 18.2 Å². The van der Waals surface area contributed by atoms with Crippen LogP contribution in [0.2, 0.25) is 0 Å². The Morgan fingerprint density at radius 2 is 1.89 bits per heavy atom. The number of carbonyl (C=O) groups excluding carboxylic acids is 2. The summed E-state index contributed by atoms with van der Waals surface area (Å²) in [5.74, 6) is 0.134. The molecule has 2 amide bonds. The second-order valence-corrected chi connectivity index (χ2v) is 9.51. The predicted octanol–water partition coefficient (Wildman–Crippen LogP) is 3.84. The Bertz CT molecular complexity index is 1200. The van der Waals surface area contributed by atoms with Crippen LogP contribution >= 0.6 is 0 Å². The van der Waals surface area contributed by atoms with Gasteiger partial charge in [0.15, 0.2) is 0 Å². The molecule has 2 fully saturated rings. The number of hydrogen-bond donors (Lipinski definition) is 0. The minimum atomic E-state index is -0.0538. The number of aromatic nitrogens is 1. The number of pyridine rings is 1. The number of ether oxygens (including phenoxy) is 1. The van der Waals surface area contributed by atoms with Gasteiger partial charge in [0.1, 0.15) is 0 Å². The summed E-state index contributed by atoms with van der Waals surface area (Å²) in [6.45, 7) is 3.26. The molecule has 0 saturated carbocycles. The number of carbonyl (C=O) groups is 2. The van der Waals surface area contributed by atoms with E-state index < -0.39 is 0 Å². The first-order valence-electron chi connectivity index (χ1n) is 12.2. The summed E-state index contributed by atoms with van der Waals surface area (Å²) in [5, 5.41) is 0. The van der Waals surface area contributed by atoms with Crippen molar-refractivity contribution >= 4 is 11.8 Å². The van der Waals surface area contributed by atoms with Gasteiger partial charge in [-0.2, -0.15) is 0 Å². The molecule has 3 heterocycles. The van der Waals surface area contributed by atoms with Gasteiger partial charge in [-0.1, -0.05) is 60.2 Å². The zero-order chi connectivity index (χ0) is 24.4. The molecule has 0 bridgehead atoms. The van der Waals surface area contributed by atoms with Gasteiger partial charge < -0.3 is 14.5 Å². The number of amides is 2. The van der Waals surface area contributed by atoms with Crippen LogP contribution in [0.4, 0.5) is 0 Å². The molecule has 2 aliphatic heterocycles. The zero-order valence-corrected chi connectivity index (χ0v) is 20.3. The molecule has 6 nitrogen and oxygen atoms in total. The van der Waals surface area contributed by atoms with E-state index >= 15 is 0 Å². The highest BCUT2D eigenvalue weighted by molar-refractivity contribution is 5.87. The van der Waals surface area contributed by atoms with Gasteiger partial charge in [-0.3, -0.25) is 14.6 Å². The van der Waals surface area contributed by atoms with Crippen LogP contribution in [0.1, 0.15) is 29.2 Å². The lowest BCUT2D eigenvalue weighted by Crippen LogP contribution is -2.65. The first-order chi connectivity index (χ1) is 17.0. The minimum absolute atomic E-state index is 0.00319. The van der Waals surface area contributed by atoms with Gasteiger partial charge in [0, 0.05) is 37.5 Å². The SMILES string of the molecule is COC[C@@H]1[C@@H](c2ccc(-c3cccc(C)c3)cc2)[C@@H]2CCN(C(=O)Cc3ccccn3)CC(=O)N12. The van der Waals surface area contributed by atoms with Gasteiger partial charge in [0.05, 0.1) is 25.6 Å². The van der Waals surface area contributed by atoms with Gasteiger partial charge in [-0.15, -0.1) is 0 Å². The molecule has 0 N–H and O–H groups in total. The molecular formula is C29H31N3O3. The summed E-state index contributed by atoms with van der Waals surface area (Å²) in [5.41, 5.74) is 5.56. The lowest BCUT2D eigenvalue weighted by atomic mass is 9.73. The average molecular weight is 470 g/mol. The second-order valence-electron chi connectivity index (χ2n) is 9.51. The molecule has 35 heavy (non-hydrogen) atoms. The molecule has 5 rings (SSSR count). The quantitative estimate of drug-likeness (QED) is 0.550. The normalized spacial score (nSPS) is 21.8. The molecule has 2 saturated heterocycles. The number of methoxy groups -OCH3 is 1. The van der Waals surface area contributed by atoms with Crippen LogP contribution in [-0.2, 0) is 20.7 Å². The third kappa shape index (κ3) is 4.71. The van der Waals surface area contributed by atoms with Crippen molar-refractivity contribution in [2.45, 2.75) is 37.8 Å². The summed E-state index contributed by atoms with van der Waals surface area (Å²) in [7, 11) is 1.68. The molecule has 2 aliphatic rings. The number of nitrogens with zero attached hydrogens (tertiary/aromatic N) is 3. The second kappa shape index (κ2) is 10.0. The Labute approximate surface area is 206 Å². The van der Waals surface area contributed by atoms with E-state index in [0.29, 0.717) is 13.2 Å². The van der Waals surface area contributed by atoms with Crippen molar-refractivity contribution in [2.75, 3.05) is 26.8 Å². The van der Waals surface area contributed by atoms with Crippen LogP contribution in [0.25, 0.3) is 11.1 Å². The van der Waals surface area contributed by atoms with Gasteiger partial charge >= 0.3 is 0 Å². The van der Waals surface area contributed by atoms with E-state index in [4.69, 9.17) is 4.74 Å². The highest BCUT2D eigenvalue weighted by Gasteiger charge is 2.52. The van der Waals surface area contributed by atoms with E-state index in [0.717, 1.165) is 12.1 Å². The van der Waals surface area contributed by atoms with Crippen LogP contribution < -0.4 is 0 Å². The van der Waals surface area contributed by atoms with E-state index in [9.17, 15) is 9.59 Å². The summed E-state index contributed by atoms with van der Waals surface area (Å²) >= 11 is 0. The number of hydrogen-bond acceptors (Lipinski definition) is 4. The minimum Gasteiger partial charge on any atom is -0.383 e. The Balaban J connectivity index is 1.34. The van der Waals surface area contributed by atoms with Crippen LogP contribution in [0.15, 0.2) is 72.9 Å². The molecule has 3 aromatic rings. The lowest BCUT2D eigenvalue weighted by molar-refractivity contribution is -0.151. The number of fused-ring (bicyclic) bond motifs is 1. The molecule has 6 heteroatoms. The van der Waals surface area contributed by atoms with Gasteiger partial charge in [-0.05, 0) is 42.2 Å². The standard InChI is InChI=1S/C29H31N3O3/c1-20-6-5-7-23(16-20)21-9-11-22(12-10-21)29-25-13-15-31(18-28(34)32(25)26(29)19-35-2)27(33)17-24-8-3-4-14-30-24/h3-12,14,16,25-26,29H,13,15,17-19H2,1-2H3/t25-,26+,29-/m0/s1. The van der Waals surface area contributed by atoms with Crippen molar-refractivity contribution in [1.82, 2.24) is 14.8 Å². The fraction of sp³-hybridized carbons (Fsp3) is 0.345. The molecule has 0 aliphatic carbocycles. The van der Waals surface area contributed by atoms with Crippen LogP contribution in [0.3, 0.4) is 0 Å². The Hall–Kier alpha value is -3.51. The van der Waals surface area contributed by atoms with Crippen molar-refractivity contribution in [2.24, 2.45) is 0 Å². The largest absolute Gasteiger partial charge is 0.383 e. The van der Waals surface area contributed by atoms with E-state index in [1.807, 2.05) is 23.1 Å². The van der Waals surface area contributed by atoms with Crippen molar-refractivity contribution in [3.8, 4) is 11.1 Å². The van der Waals surface area contributed by atoms with Crippen molar-refractivity contribution in [3.63, 3.8) is 0 Å². The van der Waals surface area contributed by atoms with Crippen molar-refractivity contribution in [3.05, 3.63) is 89.7 Å². The van der Waals surface area contributed by atoms with E-state index in [1.165, 1.54) is 22.3 Å².